The summed E-state index contributed by atoms with van der Waals surface area (Å²) in [6.45, 7) is 8.15. The Morgan fingerprint density at radius 1 is 1.06 bits per heavy atom. The number of hydrogen-bond donors (Lipinski definition) is 1. The molecule has 0 aliphatic heterocycles. The number of aromatic nitrogens is 1. The third kappa shape index (κ3) is 3.22. The predicted octanol–water partition coefficient (Wildman–Crippen LogP) is 2.48. The number of nitrogens with two attached hydrogens (primary N) is 1. The smallest absolute Gasteiger partial charge is 0.0520 e. The Hall–Kier alpha value is -1.11. The Morgan fingerprint density at radius 2 is 1.61 bits per heavy atom. The van der Waals surface area contributed by atoms with Crippen LogP contribution in [0.2, 0.25) is 0 Å². The Morgan fingerprint density at radius 3 is 2.11 bits per heavy atom. The van der Waals surface area contributed by atoms with E-state index >= 15 is 0 Å². The van der Waals surface area contributed by atoms with Crippen LogP contribution in [0.4, 0.5) is 0 Å². The summed E-state index contributed by atoms with van der Waals surface area (Å²) in [7, 11) is 4.26. The third-order valence-corrected chi connectivity index (χ3v) is 3.11. The molecule has 100 valence electrons. The average molecular weight is 264 g/mol. The molecular formula is C15H25N2P. The van der Waals surface area contributed by atoms with Gasteiger partial charge in [-0.25, -0.2) is 0 Å². The molecule has 0 saturated carbocycles. The summed E-state index contributed by atoms with van der Waals surface area (Å²) in [4.78, 5) is 0. The number of rotatable bonds is 0. The first-order valence-corrected chi connectivity index (χ1v) is 6.86. The van der Waals surface area contributed by atoms with Gasteiger partial charge in [-0.2, -0.15) is 0 Å². The highest BCUT2D eigenvalue weighted by atomic mass is 31.0. The van der Waals surface area contributed by atoms with E-state index in [0.717, 1.165) is 0 Å². The molecule has 0 aliphatic rings. The monoisotopic (exact) mass is 264 g/mol. The van der Waals surface area contributed by atoms with E-state index in [0.29, 0.717) is 0 Å². The van der Waals surface area contributed by atoms with Gasteiger partial charge in [0.25, 0.3) is 0 Å². The molecule has 2 rings (SSSR count). The first-order chi connectivity index (χ1) is 8.79. The Kier molecular flexibility index (Phi) is 8.36. The molecule has 0 amide bonds. The number of hydrogen-bond acceptors (Lipinski definition) is 1. The number of nitrogens with zero attached hydrogens (tertiary/aromatic N) is 1. The van der Waals surface area contributed by atoms with Crippen molar-refractivity contribution in [1.82, 2.24) is 4.34 Å². The van der Waals surface area contributed by atoms with Gasteiger partial charge in [0.15, 0.2) is 0 Å². The number of benzene rings is 1. The van der Waals surface area contributed by atoms with E-state index in [-0.39, 0.29) is 0 Å². The molecule has 1 atom stereocenters. The fourth-order valence-corrected chi connectivity index (χ4v) is 2.42. The second-order valence-electron chi connectivity index (χ2n) is 3.26. The number of fused-ring (bicyclic) bond motifs is 1. The number of para-hydroxylation sites is 1. The summed E-state index contributed by atoms with van der Waals surface area (Å²) in [5.41, 5.74) is 5.76. The minimum atomic E-state index is 1.26. The summed E-state index contributed by atoms with van der Waals surface area (Å²) in [5, 5.41) is 3.90. The maximum absolute atomic E-state index is 4.50. The van der Waals surface area contributed by atoms with Crippen molar-refractivity contribution in [2.75, 3.05) is 7.05 Å². The second kappa shape index (κ2) is 8.91. The van der Waals surface area contributed by atoms with Crippen LogP contribution in [0.5, 0.6) is 0 Å². The fourth-order valence-electron chi connectivity index (χ4n) is 1.91. The molecule has 18 heavy (non-hydrogen) atoms. The molecule has 0 bridgehead atoms. The Labute approximate surface area is 112 Å². The highest BCUT2D eigenvalue weighted by Crippen LogP contribution is 2.09. The van der Waals surface area contributed by atoms with Crippen molar-refractivity contribution in [3.63, 3.8) is 0 Å². The minimum Gasteiger partial charge on any atom is -0.333 e. The largest absolute Gasteiger partial charge is 0.333 e. The van der Waals surface area contributed by atoms with E-state index in [4.69, 9.17) is 0 Å². The molecule has 0 fully saturated rings. The van der Waals surface area contributed by atoms with Gasteiger partial charge in [-0.1, -0.05) is 44.2 Å². The first kappa shape index (κ1) is 16.9. The Bertz CT molecular complexity index is 582. The van der Waals surface area contributed by atoms with Crippen LogP contribution in [0.25, 0.3) is 23.1 Å². The predicted molar refractivity (Wildman–Crippen MR) is 88.0 cm³/mol. The topological polar surface area (TPSA) is 30.9 Å². The van der Waals surface area contributed by atoms with Gasteiger partial charge in [-0.3, -0.25) is 0 Å². The maximum Gasteiger partial charge on any atom is 0.0520 e. The molecule has 1 aromatic carbocycles. The molecule has 0 saturated heterocycles. The Balaban J connectivity index is 0.000000659. The molecule has 1 aromatic heterocycles. The summed E-state index contributed by atoms with van der Waals surface area (Å²) in [6.07, 6.45) is 4.31. The van der Waals surface area contributed by atoms with Gasteiger partial charge < -0.3 is 10.1 Å². The molecule has 1 unspecified atom stereocenters. The van der Waals surface area contributed by atoms with E-state index in [1.165, 1.54) is 28.5 Å². The molecule has 2 nitrogen and oxygen atoms in total. The lowest BCUT2D eigenvalue weighted by atomic mass is 10.2. The highest BCUT2D eigenvalue weighted by molar-refractivity contribution is 7.14. The summed E-state index contributed by atoms with van der Waals surface area (Å²) >= 11 is 0. The van der Waals surface area contributed by atoms with E-state index in [1.807, 2.05) is 13.8 Å². The van der Waals surface area contributed by atoms with Crippen LogP contribution in [0.1, 0.15) is 27.7 Å². The normalized spacial score (nSPS) is 11.7. The van der Waals surface area contributed by atoms with E-state index in [9.17, 15) is 0 Å². The van der Waals surface area contributed by atoms with Crippen molar-refractivity contribution >= 4 is 32.4 Å². The van der Waals surface area contributed by atoms with E-state index < -0.39 is 0 Å². The summed E-state index contributed by atoms with van der Waals surface area (Å²) in [5.74, 6) is 0. The lowest BCUT2D eigenvalue weighted by Crippen LogP contribution is -2.24. The molecule has 0 spiro atoms. The van der Waals surface area contributed by atoms with Gasteiger partial charge in [0, 0.05) is 16.0 Å². The molecule has 2 N–H and O–H groups in total. The third-order valence-electron chi connectivity index (χ3n) is 2.55. The zero-order chi connectivity index (χ0) is 14.1. The molecule has 1 heterocycles. The van der Waals surface area contributed by atoms with Crippen LogP contribution in [-0.2, 0) is 0 Å². The lowest BCUT2D eigenvalue weighted by molar-refractivity contribution is 1.25. The van der Waals surface area contributed by atoms with Crippen molar-refractivity contribution < 1.29 is 0 Å². The van der Waals surface area contributed by atoms with Crippen molar-refractivity contribution in [2.45, 2.75) is 27.7 Å². The van der Waals surface area contributed by atoms with Crippen molar-refractivity contribution in [1.29, 1.82) is 0 Å². The summed E-state index contributed by atoms with van der Waals surface area (Å²) in [6, 6.07) is 8.46. The molecule has 0 radical (unpaired) electrons. The van der Waals surface area contributed by atoms with Gasteiger partial charge in [0.2, 0.25) is 0 Å². The van der Waals surface area contributed by atoms with Crippen molar-refractivity contribution in [2.24, 2.45) is 5.73 Å². The second-order valence-corrected chi connectivity index (χ2v) is 3.78. The highest BCUT2D eigenvalue weighted by Gasteiger charge is 2.01. The van der Waals surface area contributed by atoms with Crippen molar-refractivity contribution in [3.05, 3.63) is 34.8 Å². The summed E-state index contributed by atoms with van der Waals surface area (Å²) < 4.78 is 2.16. The van der Waals surface area contributed by atoms with Crippen molar-refractivity contribution in [3.8, 4) is 0 Å². The van der Waals surface area contributed by atoms with Crippen LogP contribution in [-0.4, -0.2) is 11.4 Å². The van der Waals surface area contributed by atoms with Crippen LogP contribution in [0, 0.1) is 0 Å². The molecule has 0 aliphatic carbocycles. The standard InChI is InChI=1S/C12H14NP.C2H6.CH5N/c1-3-9-10-7-5-6-8-12(10)13(14)11(9)4-2;2*1-2/h3-8H,14H2,1-2H3;1-2H3;2H2,1H3/b9-3-,11-4+;;. The van der Waals surface area contributed by atoms with Gasteiger partial charge in [0.05, 0.1) is 5.52 Å². The van der Waals surface area contributed by atoms with Gasteiger partial charge in [0.1, 0.15) is 0 Å². The SMILES string of the molecule is C/C=c1\c(=C/C)n(P)c2ccccc12.CC.CN. The van der Waals surface area contributed by atoms with Crippen LogP contribution >= 0.6 is 9.39 Å². The maximum atomic E-state index is 4.50. The molecule has 2 aromatic rings. The fraction of sp³-hybridized carbons (Fsp3) is 0.333. The minimum absolute atomic E-state index is 1.26. The molecular weight excluding hydrogens is 239 g/mol. The average Bonchev–Trinajstić information content (AvgIpc) is 2.75. The lowest BCUT2D eigenvalue weighted by Gasteiger charge is -1.93. The zero-order valence-corrected chi connectivity index (χ0v) is 13.2. The van der Waals surface area contributed by atoms with E-state index in [2.05, 4.69) is 69.7 Å². The van der Waals surface area contributed by atoms with Crippen LogP contribution in [0.15, 0.2) is 24.3 Å². The van der Waals surface area contributed by atoms with Crippen LogP contribution < -0.4 is 16.3 Å². The van der Waals surface area contributed by atoms with E-state index in [1.54, 1.807) is 0 Å². The zero-order valence-electron chi connectivity index (χ0n) is 12.1. The van der Waals surface area contributed by atoms with Gasteiger partial charge in [-0.05, 0) is 36.4 Å². The molecule has 3 heteroatoms. The van der Waals surface area contributed by atoms with Gasteiger partial charge in [-0.15, -0.1) is 0 Å². The first-order valence-electron chi connectivity index (χ1n) is 6.34. The quantitative estimate of drug-likeness (QED) is 0.728. The van der Waals surface area contributed by atoms with Gasteiger partial charge >= 0.3 is 0 Å². The van der Waals surface area contributed by atoms with Crippen LogP contribution in [0.3, 0.4) is 0 Å².